The van der Waals surface area contributed by atoms with Gasteiger partial charge in [0.05, 0.1) is 5.69 Å². The van der Waals surface area contributed by atoms with Gasteiger partial charge in [-0.15, -0.1) is 0 Å². The molecule has 5 rings (SSSR count). The molecule has 8 heteroatoms. The van der Waals surface area contributed by atoms with Crippen molar-refractivity contribution in [1.82, 2.24) is 19.5 Å². The Morgan fingerprint density at radius 1 is 1.00 bits per heavy atom. The van der Waals surface area contributed by atoms with Crippen molar-refractivity contribution in [2.75, 3.05) is 25.5 Å². The van der Waals surface area contributed by atoms with Gasteiger partial charge in [0.25, 0.3) is 5.91 Å². The molecule has 0 unspecified atom stereocenters. The quantitative estimate of drug-likeness (QED) is 0.225. The van der Waals surface area contributed by atoms with E-state index in [0.29, 0.717) is 35.6 Å². The molecule has 2 heterocycles. The van der Waals surface area contributed by atoms with Crippen molar-refractivity contribution in [3.63, 3.8) is 0 Å². The Balaban J connectivity index is 1.30. The summed E-state index contributed by atoms with van der Waals surface area (Å²) in [5, 5.41) is 18.3. The van der Waals surface area contributed by atoms with E-state index in [-0.39, 0.29) is 11.7 Å². The molecular formula is C30H29BN5O2. The molecule has 0 spiro atoms. The number of amides is 1. The summed E-state index contributed by atoms with van der Waals surface area (Å²) in [6.45, 7) is 3.16. The number of nitrogens with zero attached hydrogens (tertiary/aromatic N) is 4. The monoisotopic (exact) mass is 502 g/mol. The second-order valence-electron chi connectivity index (χ2n) is 9.09. The first kappa shape index (κ1) is 25.1. The van der Waals surface area contributed by atoms with Crippen molar-refractivity contribution in [3.8, 4) is 28.1 Å². The zero-order valence-electron chi connectivity index (χ0n) is 21.5. The van der Waals surface area contributed by atoms with Gasteiger partial charge >= 0.3 is 0 Å². The van der Waals surface area contributed by atoms with Gasteiger partial charge in [0.1, 0.15) is 11.6 Å². The zero-order chi connectivity index (χ0) is 26.5. The van der Waals surface area contributed by atoms with Crippen molar-refractivity contribution in [1.29, 1.82) is 0 Å². The van der Waals surface area contributed by atoms with E-state index in [0.717, 1.165) is 28.8 Å². The minimum Gasteiger partial charge on any atom is -0.507 e. The van der Waals surface area contributed by atoms with Gasteiger partial charge < -0.3 is 15.3 Å². The van der Waals surface area contributed by atoms with Crippen LogP contribution in [0.3, 0.4) is 0 Å². The number of hydrogen-bond donors (Lipinski definition) is 2. The van der Waals surface area contributed by atoms with Crippen LogP contribution in [0.25, 0.3) is 28.0 Å². The molecule has 0 aliphatic carbocycles. The van der Waals surface area contributed by atoms with Gasteiger partial charge in [0, 0.05) is 43.5 Å². The second-order valence-corrected chi connectivity index (χ2v) is 9.09. The lowest BCUT2D eigenvalue weighted by Crippen LogP contribution is -2.29. The predicted molar refractivity (Wildman–Crippen MR) is 153 cm³/mol. The SMILES string of the molecule is C[B]c1cnn2c(NCCCN(C)C(=O)c3ccccc3-c3ccccc3)cc(-c3ccccc3O)nc12. The van der Waals surface area contributed by atoms with Crippen LogP contribution in [0, 0.1) is 0 Å². The molecule has 1 radical (unpaired) electrons. The molecule has 0 aliphatic heterocycles. The topological polar surface area (TPSA) is 82.8 Å². The average Bonchev–Trinajstić information content (AvgIpc) is 3.38. The van der Waals surface area contributed by atoms with Crippen LogP contribution in [0.4, 0.5) is 5.82 Å². The number of para-hydroxylation sites is 1. The highest BCUT2D eigenvalue weighted by atomic mass is 16.3. The Kier molecular flexibility index (Phi) is 7.40. The second kappa shape index (κ2) is 11.2. The van der Waals surface area contributed by atoms with Crippen molar-refractivity contribution >= 4 is 30.1 Å². The molecule has 0 bridgehead atoms. The smallest absolute Gasteiger partial charge is 0.254 e. The number of carbonyl (C=O) groups is 1. The van der Waals surface area contributed by atoms with Crippen molar-refractivity contribution in [3.05, 3.63) is 96.7 Å². The largest absolute Gasteiger partial charge is 0.507 e. The minimum absolute atomic E-state index is 0.00667. The number of phenols is 1. The molecule has 38 heavy (non-hydrogen) atoms. The lowest BCUT2D eigenvalue weighted by molar-refractivity contribution is 0.0795. The number of carbonyl (C=O) groups excluding carboxylic acids is 1. The van der Waals surface area contributed by atoms with Crippen LogP contribution in [-0.2, 0) is 0 Å². The van der Waals surface area contributed by atoms with Crippen LogP contribution < -0.4 is 10.8 Å². The standard InChI is InChI=1S/C30H29BN5O2/c1-31-25-20-33-36-28(19-26(34-29(25)36)24-15-8-9-16-27(24)37)32-17-10-18-35(2)30(38)23-14-7-6-13-22(23)21-11-4-3-5-12-21/h3-9,11-16,19-20,32,37H,10,17-18H2,1-2H3. The number of aromatic hydroxyl groups is 1. The van der Waals surface area contributed by atoms with Crippen LogP contribution in [0.5, 0.6) is 5.75 Å². The Morgan fingerprint density at radius 2 is 1.71 bits per heavy atom. The first-order valence-corrected chi connectivity index (χ1v) is 12.7. The van der Waals surface area contributed by atoms with Crippen LogP contribution in [0.15, 0.2) is 91.1 Å². The van der Waals surface area contributed by atoms with E-state index in [1.807, 2.05) is 93.9 Å². The molecule has 0 saturated carbocycles. The molecule has 2 N–H and O–H groups in total. The third-order valence-electron chi connectivity index (χ3n) is 6.56. The highest BCUT2D eigenvalue weighted by molar-refractivity contribution is 6.54. The molecule has 3 aromatic carbocycles. The summed E-state index contributed by atoms with van der Waals surface area (Å²) < 4.78 is 1.77. The fourth-order valence-corrected chi connectivity index (χ4v) is 4.52. The van der Waals surface area contributed by atoms with E-state index < -0.39 is 0 Å². The van der Waals surface area contributed by atoms with Crippen LogP contribution in [0.1, 0.15) is 16.8 Å². The Labute approximate surface area is 223 Å². The number of anilines is 1. The molecule has 0 atom stereocenters. The summed E-state index contributed by atoms with van der Waals surface area (Å²) in [5.74, 6) is 0.935. The van der Waals surface area contributed by atoms with Crippen LogP contribution in [-0.4, -0.2) is 57.9 Å². The number of aromatic nitrogens is 3. The number of phenolic OH excluding ortho intramolecular Hbond substituents is 1. The summed E-state index contributed by atoms with van der Waals surface area (Å²) in [7, 11) is 3.80. The minimum atomic E-state index is -0.00667. The lowest BCUT2D eigenvalue weighted by Gasteiger charge is -2.19. The van der Waals surface area contributed by atoms with Crippen LogP contribution >= 0.6 is 0 Å². The lowest BCUT2D eigenvalue weighted by atomic mass is 9.75. The maximum Gasteiger partial charge on any atom is 0.254 e. The maximum atomic E-state index is 13.3. The molecule has 0 fully saturated rings. The molecule has 1 amide bonds. The summed E-state index contributed by atoms with van der Waals surface area (Å²) >= 11 is 0. The summed E-state index contributed by atoms with van der Waals surface area (Å²) in [6, 6.07) is 26.7. The summed E-state index contributed by atoms with van der Waals surface area (Å²) in [6.07, 6.45) is 2.51. The number of rotatable bonds is 9. The van der Waals surface area contributed by atoms with Gasteiger partial charge in [0.2, 0.25) is 0 Å². The van der Waals surface area contributed by atoms with E-state index in [9.17, 15) is 9.90 Å². The number of benzene rings is 3. The van der Waals surface area contributed by atoms with Gasteiger partial charge in [-0.1, -0.05) is 67.5 Å². The molecule has 5 aromatic rings. The van der Waals surface area contributed by atoms with E-state index in [2.05, 4.69) is 10.4 Å². The first-order valence-electron chi connectivity index (χ1n) is 12.7. The molecule has 189 valence electrons. The molecular weight excluding hydrogens is 473 g/mol. The highest BCUT2D eigenvalue weighted by Gasteiger charge is 2.17. The predicted octanol–water partition coefficient (Wildman–Crippen LogP) is 4.72. The molecule has 2 aromatic heterocycles. The molecule has 0 saturated heterocycles. The van der Waals surface area contributed by atoms with E-state index in [4.69, 9.17) is 4.98 Å². The maximum absolute atomic E-state index is 13.3. The molecule has 0 aliphatic rings. The zero-order valence-corrected chi connectivity index (χ0v) is 21.5. The number of hydrogen-bond acceptors (Lipinski definition) is 5. The highest BCUT2D eigenvalue weighted by Crippen LogP contribution is 2.29. The Bertz CT molecular complexity index is 1570. The summed E-state index contributed by atoms with van der Waals surface area (Å²) in [4.78, 5) is 19.8. The van der Waals surface area contributed by atoms with Crippen molar-refractivity contribution in [2.45, 2.75) is 13.2 Å². The van der Waals surface area contributed by atoms with Gasteiger partial charge in [-0.25, -0.2) is 4.98 Å². The van der Waals surface area contributed by atoms with Crippen LogP contribution in [0.2, 0.25) is 6.82 Å². The normalized spacial score (nSPS) is 10.9. The first-order chi connectivity index (χ1) is 18.6. The average molecular weight is 502 g/mol. The number of nitrogens with one attached hydrogen (secondary N) is 1. The third kappa shape index (κ3) is 5.11. The summed E-state index contributed by atoms with van der Waals surface area (Å²) in [5.41, 5.74) is 5.58. The van der Waals surface area contributed by atoms with Gasteiger partial charge in [-0.05, 0) is 41.2 Å². The Morgan fingerprint density at radius 3 is 2.47 bits per heavy atom. The fraction of sp³-hybridized carbons (Fsp3) is 0.167. The van der Waals surface area contributed by atoms with Gasteiger partial charge in [-0.3, -0.25) is 4.79 Å². The third-order valence-corrected chi connectivity index (χ3v) is 6.56. The van der Waals surface area contributed by atoms with Gasteiger partial charge in [-0.2, -0.15) is 9.61 Å². The van der Waals surface area contributed by atoms with E-state index in [1.165, 1.54) is 0 Å². The van der Waals surface area contributed by atoms with E-state index >= 15 is 0 Å². The van der Waals surface area contributed by atoms with E-state index in [1.54, 1.807) is 27.7 Å². The Hall–Kier alpha value is -4.59. The molecule has 7 nitrogen and oxygen atoms in total. The number of fused-ring (bicyclic) bond motifs is 1. The van der Waals surface area contributed by atoms with Crippen molar-refractivity contribution in [2.24, 2.45) is 0 Å². The fourth-order valence-electron chi connectivity index (χ4n) is 4.52. The van der Waals surface area contributed by atoms with Crippen molar-refractivity contribution < 1.29 is 9.90 Å². The van der Waals surface area contributed by atoms with Gasteiger partial charge in [0.15, 0.2) is 12.9 Å².